The third-order valence-electron chi connectivity index (χ3n) is 12.6. The van der Waals surface area contributed by atoms with Crippen LogP contribution in [-0.4, -0.2) is 119 Å². The van der Waals surface area contributed by atoms with E-state index in [0.717, 1.165) is 6.92 Å². The molecule has 0 aromatic heterocycles. The monoisotopic (exact) mass is 837 g/mol. The number of hydrogen-bond acceptors (Lipinski definition) is 14. The first-order valence-electron chi connectivity index (χ1n) is 19.3. The van der Waals surface area contributed by atoms with E-state index in [2.05, 4.69) is 5.32 Å². The van der Waals surface area contributed by atoms with Crippen LogP contribution in [-0.2, 0) is 38.1 Å². The van der Waals surface area contributed by atoms with Gasteiger partial charge in [-0.2, -0.15) is 0 Å². The van der Waals surface area contributed by atoms with Gasteiger partial charge in [-0.1, -0.05) is 69.8 Å². The molecule has 1 aliphatic heterocycles. The lowest BCUT2D eigenvalue weighted by atomic mass is 9.44. The van der Waals surface area contributed by atoms with Crippen molar-refractivity contribution in [3.05, 3.63) is 82.9 Å². The van der Waals surface area contributed by atoms with Crippen molar-refractivity contribution in [1.82, 2.24) is 5.32 Å². The van der Waals surface area contributed by atoms with Gasteiger partial charge in [0.25, 0.3) is 0 Å². The molecule has 0 spiro atoms. The maximum Gasteiger partial charge on any atom is 0.408 e. The lowest BCUT2D eigenvalue weighted by Gasteiger charge is -2.67. The van der Waals surface area contributed by atoms with Crippen LogP contribution in [0.1, 0.15) is 99.0 Å². The number of rotatable bonds is 8. The van der Waals surface area contributed by atoms with Crippen molar-refractivity contribution < 1.29 is 69.5 Å². The van der Waals surface area contributed by atoms with E-state index in [1.807, 2.05) is 0 Å². The van der Waals surface area contributed by atoms with E-state index in [9.17, 15) is 44.4 Å². The minimum atomic E-state index is -2.35. The maximum atomic E-state index is 14.9. The van der Waals surface area contributed by atoms with Crippen LogP contribution in [0.5, 0.6) is 0 Å². The van der Waals surface area contributed by atoms with Crippen molar-refractivity contribution in [2.45, 2.75) is 135 Å². The minimum Gasteiger partial charge on any atom is -0.456 e. The smallest absolute Gasteiger partial charge is 0.408 e. The summed E-state index contributed by atoms with van der Waals surface area (Å²) in [6.45, 7) is 11.8. The van der Waals surface area contributed by atoms with E-state index < -0.39 is 112 Å². The number of aliphatic hydroxyl groups excluding tert-OH is 3. The molecule has 16 heteroatoms. The summed E-state index contributed by atoms with van der Waals surface area (Å²) in [6.07, 6.45) is -11.5. The number of nitrogens with one attached hydrogen (secondary N) is 1. The molecule has 3 aliphatic carbocycles. The van der Waals surface area contributed by atoms with Crippen LogP contribution < -0.4 is 5.32 Å². The first kappa shape index (κ1) is 48.1. The molecular formula is C44H59BNO14. The molecule has 3 radical (unpaired) electrons. The number of alkyl carbamates (subject to hydrolysis) is 1. The Kier molecular flexibility index (Phi) is 13.7. The summed E-state index contributed by atoms with van der Waals surface area (Å²) in [5.74, 6) is -5.36. The fourth-order valence-electron chi connectivity index (χ4n) is 9.56. The molecule has 15 nitrogen and oxygen atoms in total. The van der Waals surface area contributed by atoms with Crippen molar-refractivity contribution in [2.24, 2.45) is 16.7 Å². The van der Waals surface area contributed by atoms with Gasteiger partial charge in [-0.3, -0.25) is 9.59 Å². The largest absolute Gasteiger partial charge is 0.456 e. The molecular weight excluding hydrogens is 777 g/mol. The predicted molar refractivity (Wildman–Crippen MR) is 218 cm³/mol. The average molecular weight is 838 g/mol. The number of aliphatic hydroxyl groups is 4. The molecule has 327 valence electrons. The fraction of sp³-hybridized carbons (Fsp3) is 0.568. The van der Waals surface area contributed by atoms with Gasteiger partial charge in [0.05, 0.1) is 35.6 Å². The molecule has 60 heavy (non-hydrogen) atoms. The van der Waals surface area contributed by atoms with Crippen LogP contribution in [0.25, 0.3) is 0 Å². The molecule has 2 aromatic carbocycles. The number of fused-ring (bicyclic) bond motifs is 5. The van der Waals surface area contributed by atoms with Crippen LogP contribution in [0.3, 0.4) is 0 Å². The van der Waals surface area contributed by atoms with Gasteiger partial charge in [0.15, 0.2) is 17.5 Å². The van der Waals surface area contributed by atoms with Crippen molar-refractivity contribution in [2.75, 3.05) is 6.61 Å². The van der Waals surface area contributed by atoms with Crippen molar-refractivity contribution >= 4 is 38.2 Å². The van der Waals surface area contributed by atoms with Gasteiger partial charge in [-0.25, -0.2) is 14.4 Å². The van der Waals surface area contributed by atoms with Crippen molar-refractivity contribution in [3.8, 4) is 0 Å². The van der Waals surface area contributed by atoms with Gasteiger partial charge in [-0.05, 0) is 63.5 Å². The Bertz CT molecular complexity index is 1990. The SMILES string of the molecule is C.CC(=O)O[C@@]12COC1C[C@H](O)[C@@]1(C)C(=O)[C@H](O)C3=C(C)[C@@H](OC(=O)[C@H](O)[C@@H](NC(=O)OC(C)(C)C)c4ccccc4)C[C@@](O)([C@@H](OC(=O)c4ccccc4)[C@@H]12)C3(C)C.[2HH].[B]. The summed E-state index contributed by atoms with van der Waals surface area (Å²) in [5.41, 5.74) is -8.14. The highest BCUT2D eigenvalue weighted by atomic mass is 16.6. The molecule has 4 aliphatic rings. The average Bonchev–Trinajstić information content (AvgIpc) is 3.14. The fourth-order valence-corrected chi connectivity index (χ4v) is 9.56. The second-order valence-electron chi connectivity index (χ2n) is 17.6. The van der Waals surface area contributed by atoms with E-state index in [-0.39, 0.29) is 47.0 Å². The normalized spacial score (nSPS) is 32.6. The Balaban J connectivity index is 0.00000331. The van der Waals surface area contributed by atoms with Crippen LogP contribution >= 0.6 is 0 Å². The summed E-state index contributed by atoms with van der Waals surface area (Å²) in [4.78, 5) is 68.9. The zero-order chi connectivity index (χ0) is 42.7. The molecule has 1 unspecified atom stereocenters. The highest BCUT2D eigenvalue weighted by Crippen LogP contribution is 2.64. The molecule has 11 atom stereocenters. The number of amides is 1. The predicted octanol–water partition coefficient (Wildman–Crippen LogP) is 3.76. The van der Waals surface area contributed by atoms with E-state index in [4.69, 9.17) is 23.7 Å². The summed E-state index contributed by atoms with van der Waals surface area (Å²) >= 11 is 0. The standard InChI is InChI=1S/C43H53NO14.CH4.B.H2/c1-22-26(55-37(51)32(48)30(24-15-11-9-12-16-24)44-38(52)58-39(3,4)5)20-43(53)35(56-36(50)25-17-13-10-14-18-25)33-41(8,34(49)31(47)29(22)40(43,6)7)27(46)19-28-42(33,21-54-28)57-23(2)45;;;/h9-18,26-28,30-33,35,46-48,53H,19-21H2,1-8H3,(H,44,52);1H4;;1H/t26-,27-,28?,30-,31+,32+,33-,35-,41+,42-,43+;;;/m0.../s1/i;;;1+1. The van der Waals surface area contributed by atoms with E-state index >= 15 is 0 Å². The number of benzene rings is 2. The summed E-state index contributed by atoms with van der Waals surface area (Å²) in [7, 11) is 0. The van der Waals surface area contributed by atoms with Crippen molar-refractivity contribution in [1.29, 1.82) is 0 Å². The van der Waals surface area contributed by atoms with Crippen LogP contribution in [0.15, 0.2) is 71.8 Å². The third-order valence-corrected chi connectivity index (χ3v) is 12.6. The molecule has 2 bridgehead atoms. The van der Waals surface area contributed by atoms with E-state index in [0.29, 0.717) is 5.56 Å². The first-order valence-corrected chi connectivity index (χ1v) is 19.3. The molecule has 5 N–H and O–H groups in total. The molecule has 1 heterocycles. The van der Waals surface area contributed by atoms with E-state index in [1.54, 1.807) is 83.1 Å². The molecule has 3 fully saturated rings. The molecule has 2 aromatic rings. The summed E-state index contributed by atoms with van der Waals surface area (Å²) < 4.78 is 29.5. The summed E-state index contributed by atoms with van der Waals surface area (Å²) in [6, 6.07) is 14.6. The second kappa shape index (κ2) is 17.0. The van der Waals surface area contributed by atoms with Crippen LogP contribution in [0, 0.1) is 16.7 Å². The van der Waals surface area contributed by atoms with Crippen LogP contribution in [0.2, 0.25) is 0 Å². The number of Topliss-reactive ketones (excluding diaryl/α,β-unsaturated/α-hetero) is 1. The van der Waals surface area contributed by atoms with Gasteiger partial charge in [0, 0.05) is 35.0 Å². The van der Waals surface area contributed by atoms with Gasteiger partial charge >= 0.3 is 24.0 Å². The zero-order valence-corrected chi connectivity index (χ0v) is 34.5. The third kappa shape index (κ3) is 8.00. The lowest BCUT2D eigenvalue weighted by molar-refractivity contribution is -0.346. The second-order valence-corrected chi connectivity index (χ2v) is 17.6. The van der Waals surface area contributed by atoms with Gasteiger partial charge in [0.1, 0.15) is 35.6 Å². The number of hydrogen-bond donors (Lipinski definition) is 5. The van der Waals surface area contributed by atoms with Crippen molar-refractivity contribution in [3.63, 3.8) is 0 Å². The van der Waals surface area contributed by atoms with Crippen LogP contribution in [0.4, 0.5) is 4.79 Å². The highest BCUT2D eigenvalue weighted by Gasteiger charge is 2.78. The zero-order valence-electron chi connectivity index (χ0n) is 34.5. The Morgan fingerprint density at radius 1 is 0.967 bits per heavy atom. The molecule has 1 amide bonds. The van der Waals surface area contributed by atoms with Gasteiger partial charge in [0.2, 0.25) is 0 Å². The Morgan fingerprint density at radius 3 is 2.08 bits per heavy atom. The lowest BCUT2D eigenvalue weighted by Crippen LogP contribution is -2.81. The number of ether oxygens (including phenoxy) is 5. The Hall–Kier alpha value is -4.61. The van der Waals surface area contributed by atoms with E-state index in [1.165, 1.54) is 26.0 Å². The maximum absolute atomic E-state index is 14.9. The number of carbonyl (C=O) groups excluding carboxylic acids is 5. The number of ketones is 1. The first-order chi connectivity index (χ1) is 27.0. The number of carbonyl (C=O) groups is 5. The number of esters is 3. The molecule has 2 saturated carbocycles. The topological polar surface area (TPSA) is 224 Å². The molecule has 1 saturated heterocycles. The van der Waals surface area contributed by atoms with Gasteiger partial charge in [-0.15, -0.1) is 0 Å². The quantitative estimate of drug-likeness (QED) is 0.111. The Labute approximate surface area is 353 Å². The van der Waals surface area contributed by atoms with Gasteiger partial charge < -0.3 is 49.4 Å². The highest BCUT2D eigenvalue weighted by molar-refractivity contribution is 5.94. The molecule has 6 rings (SSSR count). The summed E-state index contributed by atoms with van der Waals surface area (Å²) in [5, 5.41) is 51.6. The minimum absolute atomic E-state index is 0. The Morgan fingerprint density at radius 2 is 1.55 bits per heavy atom.